The molecule has 0 aromatic heterocycles. The second-order valence-corrected chi connectivity index (χ2v) is 7.00. The van der Waals surface area contributed by atoms with E-state index < -0.39 is 15.8 Å². The molecule has 0 saturated heterocycles. The summed E-state index contributed by atoms with van der Waals surface area (Å²) in [6.45, 7) is 0. The maximum atomic E-state index is 11.5. The number of carbonyl (C=O) groups is 1. The van der Waals surface area contributed by atoms with Crippen molar-refractivity contribution in [2.24, 2.45) is 10.9 Å². The van der Waals surface area contributed by atoms with E-state index in [0.717, 1.165) is 5.56 Å². The number of anilines is 1. The van der Waals surface area contributed by atoms with E-state index in [9.17, 15) is 9.00 Å². The first kappa shape index (κ1) is 17.5. The molecule has 126 valence electrons. The molecule has 2 aromatic carbocycles. The van der Waals surface area contributed by atoms with Gasteiger partial charge in [0.1, 0.15) is 9.92 Å². The molecule has 0 fully saturated rings. The zero-order chi connectivity index (χ0) is 17.6. The highest BCUT2D eigenvalue weighted by atomic mass is 32.2. The Balaban J connectivity index is 2.22. The van der Waals surface area contributed by atoms with Gasteiger partial charge in [-0.05, 0) is 17.7 Å². The lowest BCUT2D eigenvalue weighted by molar-refractivity contribution is -0.116. The van der Waals surface area contributed by atoms with Gasteiger partial charge in [0.05, 0.1) is 17.8 Å². The highest BCUT2D eigenvalue weighted by Gasteiger charge is 2.08. The monoisotopic (exact) mass is 346 g/mol. The lowest BCUT2D eigenvalue weighted by Crippen LogP contribution is -2.17. The second kappa shape index (κ2) is 7.60. The molecule has 1 amide bonds. The van der Waals surface area contributed by atoms with E-state index in [2.05, 4.69) is 9.88 Å². The van der Waals surface area contributed by atoms with Crippen LogP contribution in [-0.2, 0) is 14.7 Å². The number of oxime groups is 1. The first-order valence-electron chi connectivity index (χ1n) is 7.03. The summed E-state index contributed by atoms with van der Waals surface area (Å²) in [4.78, 5) is 16.6. The molecule has 1 unspecified atom stereocenters. The van der Waals surface area contributed by atoms with Gasteiger partial charge in [-0.25, -0.2) is 8.99 Å². The quantitative estimate of drug-likeness (QED) is 0.527. The average molecular weight is 346 g/mol. The number of rotatable bonds is 7. The topological polar surface area (TPSA) is 118 Å². The Morgan fingerprint density at radius 1 is 1.25 bits per heavy atom. The standard InChI is InChI=1S/C16H18N4O3S/c1-24(18,22)20-13-8-5-9-14(10-13)23-19-15(11-16(17)21)12-6-3-2-4-7-12/h2-10H,11H2,1H3,(H2,17,21)(H2,18,20,22)/b19-15+. The summed E-state index contributed by atoms with van der Waals surface area (Å²) < 4.78 is 21.4. The number of amides is 1. The van der Waals surface area contributed by atoms with Crippen molar-refractivity contribution < 1.29 is 13.8 Å². The van der Waals surface area contributed by atoms with Crippen LogP contribution in [0.3, 0.4) is 0 Å². The zero-order valence-electron chi connectivity index (χ0n) is 13.1. The molecule has 4 N–H and O–H groups in total. The number of nitrogens with two attached hydrogens (primary N) is 1. The minimum atomic E-state index is -2.89. The predicted molar refractivity (Wildman–Crippen MR) is 94.3 cm³/mol. The van der Waals surface area contributed by atoms with Crippen LogP contribution in [0.2, 0.25) is 0 Å². The van der Waals surface area contributed by atoms with Crippen LogP contribution in [0.25, 0.3) is 0 Å². The van der Waals surface area contributed by atoms with E-state index in [-0.39, 0.29) is 6.42 Å². The summed E-state index contributed by atoms with van der Waals surface area (Å²) in [5, 5.41) is 4.01. The Bertz CT molecular complexity index is 849. The number of nitrogens with one attached hydrogen (secondary N) is 2. The van der Waals surface area contributed by atoms with Gasteiger partial charge in [0.25, 0.3) is 0 Å². The molecule has 0 spiro atoms. The third-order valence-electron chi connectivity index (χ3n) is 2.86. The Labute approximate surface area is 140 Å². The molecular formula is C16H18N4O3S. The van der Waals surface area contributed by atoms with Gasteiger partial charge in [0.15, 0.2) is 5.75 Å². The van der Waals surface area contributed by atoms with Gasteiger partial charge in [-0.15, -0.1) is 0 Å². The van der Waals surface area contributed by atoms with E-state index in [4.69, 9.17) is 15.4 Å². The van der Waals surface area contributed by atoms with E-state index >= 15 is 0 Å². The minimum absolute atomic E-state index is 0.0581. The minimum Gasteiger partial charge on any atom is -0.369 e. The van der Waals surface area contributed by atoms with Crippen LogP contribution >= 0.6 is 0 Å². The van der Waals surface area contributed by atoms with E-state index in [1.165, 1.54) is 6.26 Å². The molecule has 0 aliphatic carbocycles. The second-order valence-electron chi connectivity index (χ2n) is 5.11. The van der Waals surface area contributed by atoms with Gasteiger partial charge >= 0.3 is 0 Å². The molecule has 2 aromatic rings. The Morgan fingerprint density at radius 3 is 2.58 bits per heavy atom. The van der Waals surface area contributed by atoms with Gasteiger partial charge < -0.3 is 10.6 Å². The number of hydrogen-bond donors (Lipinski definition) is 3. The van der Waals surface area contributed by atoms with E-state index in [0.29, 0.717) is 17.1 Å². The summed E-state index contributed by atoms with van der Waals surface area (Å²) >= 11 is 0. The first-order valence-corrected chi connectivity index (χ1v) is 8.99. The van der Waals surface area contributed by atoms with Crippen molar-refractivity contribution in [1.82, 2.24) is 0 Å². The van der Waals surface area contributed by atoms with Gasteiger partial charge in [-0.2, -0.15) is 0 Å². The van der Waals surface area contributed by atoms with Crippen molar-refractivity contribution in [2.75, 3.05) is 11.0 Å². The van der Waals surface area contributed by atoms with Gasteiger partial charge in [-0.1, -0.05) is 41.6 Å². The molecule has 2 rings (SSSR count). The van der Waals surface area contributed by atoms with Crippen molar-refractivity contribution in [3.05, 3.63) is 60.2 Å². The number of hydrogen-bond acceptors (Lipinski definition) is 5. The molecule has 0 radical (unpaired) electrons. The third-order valence-corrected chi connectivity index (χ3v) is 3.48. The van der Waals surface area contributed by atoms with Crippen LogP contribution in [0, 0.1) is 4.78 Å². The van der Waals surface area contributed by atoms with Crippen molar-refractivity contribution in [2.45, 2.75) is 6.42 Å². The molecule has 0 heterocycles. The van der Waals surface area contributed by atoms with E-state index in [1.54, 1.807) is 36.4 Å². The summed E-state index contributed by atoms with van der Waals surface area (Å²) in [5.41, 5.74) is 6.86. The maximum Gasteiger partial charge on any atom is 0.223 e. The van der Waals surface area contributed by atoms with Crippen LogP contribution in [0.4, 0.5) is 5.69 Å². The molecular weight excluding hydrogens is 328 g/mol. The molecule has 24 heavy (non-hydrogen) atoms. The first-order chi connectivity index (χ1) is 11.3. The summed E-state index contributed by atoms with van der Waals surface area (Å²) in [6, 6.07) is 15.7. The Morgan fingerprint density at radius 2 is 1.96 bits per heavy atom. The molecule has 0 aliphatic rings. The molecule has 8 heteroatoms. The fraction of sp³-hybridized carbons (Fsp3) is 0.125. The largest absolute Gasteiger partial charge is 0.369 e. The normalized spacial score (nSPS) is 13.8. The molecule has 0 saturated carbocycles. The Hall–Kier alpha value is -2.87. The van der Waals surface area contributed by atoms with Gasteiger partial charge in [-0.3, -0.25) is 9.52 Å². The summed E-state index contributed by atoms with van der Waals surface area (Å²) in [7, 11) is -2.89. The van der Waals surface area contributed by atoms with Gasteiger partial charge in [0, 0.05) is 12.3 Å². The number of carbonyl (C=O) groups excluding carboxylic acids is 1. The van der Waals surface area contributed by atoms with E-state index in [1.807, 2.05) is 18.2 Å². The zero-order valence-corrected chi connectivity index (χ0v) is 13.9. The molecule has 0 bridgehead atoms. The summed E-state index contributed by atoms with van der Waals surface area (Å²) in [6.07, 6.45) is 1.22. The third kappa shape index (κ3) is 5.73. The average Bonchev–Trinajstić information content (AvgIpc) is 2.50. The van der Waals surface area contributed by atoms with Crippen LogP contribution in [-0.4, -0.2) is 22.1 Å². The number of benzene rings is 2. The van der Waals surface area contributed by atoms with Gasteiger partial charge in [0.2, 0.25) is 5.91 Å². The van der Waals surface area contributed by atoms with Crippen LogP contribution in [0.1, 0.15) is 12.0 Å². The van der Waals surface area contributed by atoms with Crippen LogP contribution in [0.5, 0.6) is 5.75 Å². The molecule has 0 aliphatic heterocycles. The molecule has 7 nitrogen and oxygen atoms in total. The fourth-order valence-corrected chi connectivity index (χ4v) is 2.51. The van der Waals surface area contributed by atoms with Crippen LogP contribution in [0.15, 0.2) is 59.8 Å². The Kier molecular flexibility index (Phi) is 5.54. The maximum absolute atomic E-state index is 11.5. The van der Waals surface area contributed by atoms with Crippen LogP contribution < -0.4 is 15.3 Å². The highest BCUT2D eigenvalue weighted by molar-refractivity contribution is 7.93. The fourth-order valence-electron chi connectivity index (χ4n) is 1.93. The predicted octanol–water partition coefficient (Wildman–Crippen LogP) is 2.35. The smallest absolute Gasteiger partial charge is 0.223 e. The summed E-state index contributed by atoms with van der Waals surface area (Å²) in [5.74, 6) is -0.141. The number of primary amides is 1. The molecule has 1 atom stereocenters. The van der Waals surface area contributed by atoms with Crippen molar-refractivity contribution in [3.63, 3.8) is 0 Å². The lowest BCUT2D eigenvalue weighted by Gasteiger charge is -2.08. The lowest BCUT2D eigenvalue weighted by atomic mass is 10.1. The SMILES string of the molecule is CS(=N)(=O)Nc1cccc(O/N=C(\CC(N)=O)c2ccccc2)c1. The van der Waals surface area contributed by atoms with Crippen molar-refractivity contribution >= 4 is 27.2 Å². The highest BCUT2D eigenvalue weighted by Crippen LogP contribution is 2.19. The van der Waals surface area contributed by atoms with Crippen molar-refractivity contribution in [3.8, 4) is 5.75 Å². The van der Waals surface area contributed by atoms with Crippen molar-refractivity contribution in [1.29, 1.82) is 4.78 Å². The number of nitrogens with zero attached hydrogens (tertiary/aromatic N) is 1.